The molecule has 2 aliphatic heterocycles. The Labute approximate surface area is 142 Å². The van der Waals surface area contributed by atoms with Gasteiger partial charge in [-0.1, -0.05) is 30.4 Å². The first kappa shape index (κ1) is 14.3. The molecule has 0 radical (unpaired) electrons. The standard InChI is InChI=1S/C21H23NO2/c1-11-9-12(2)18-15-7-4-8-16(15)19(21(23)24)22-10-13-5-3-6-14(13)17(11)20(18)22/h3-4,6-7,9,13-16,19H,5,8,10H2,1-2H3,(H,23,24)/p-1/t13-,14+,15-,16-,19-/m0/s1. The minimum Gasteiger partial charge on any atom is -0.548 e. The number of carboxylic acid groups (broad SMARTS) is 1. The summed E-state index contributed by atoms with van der Waals surface area (Å²) in [6.07, 6.45) is 10.9. The molecule has 0 fully saturated rings. The van der Waals surface area contributed by atoms with Crippen LogP contribution in [0.4, 0.5) is 5.69 Å². The number of carboxylic acids is 1. The van der Waals surface area contributed by atoms with Gasteiger partial charge in [-0.3, -0.25) is 0 Å². The molecular formula is C21H22NO2-. The highest BCUT2D eigenvalue weighted by atomic mass is 16.4. The molecule has 0 aromatic heterocycles. The number of benzene rings is 1. The van der Waals surface area contributed by atoms with Crippen molar-refractivity contribution in [2.75, 3.05) is 11.4 Å². The molecule has 4 aliphatic rings. The van der Waals surface area contributed by atoms with E-state index in [1.807, 2.05) is 0 Å². The van der Waals surface area contributed by atoms with Crippen molar-refractivity contribution in [3.05, 3.63) is 52.6 Å². The highest BCUT2D eigenvalue weighted by molar-refractivity contribution is 5.83. The largest absolute Gasteiger partial charge is 0.548 e. The van der Waals surface area contributed by atoms with E-state index >= 15 is 0 Å². The van der Waals surface area contributed by atoms with E-state index < -0.39 is 12.0 Å². The van der Waals surface area contributed by atoms with E-state index in [2.05, 4.69) is 49.1 Å². The molecule has 2 aliphatic carbocycles. The molecule has 2 heterocycles. The van der Waals surface area contributed by atoms with Crippen LogP contribution in [0.2, 0.25) is 0 Å². The molecule has 1 aromatic rings. The second-order valence-electron chi connectivity index (χ2n) is 7.91. The van der Waals surface area contributed by atoms with E-state index in [-0.39, 0.29) is 11.8 Å². The molecule has 3 nitrogen and oxygen atoms in total. The van der Waals surface area contributed by atoms with Crippen molar-refractivity contribution in [2.24, 2.45) is 11.8 Å². The molecule has 1 aromatic carbocycles. The van der Waals surface area contributed by atoms with E-state index in [0.29, 0.717) is 11.8 Å². The topological polar surface area (TPSA) is 43.4 Å². The Balaban J connectivity index is 1.82. The van der Waals surface area contributed by atoms with E-state index in [0.717, 1.165) is 19.4 Å². The third-order valence-electron chi connectivity index (χ3n) is 6.66. The van der Waals surface area contributed by atoms with E-state index in [9.17, 15) is 9.90 Å². The van der Waals surface area contributed by atoms with Crippen LogP contribution in [-0.2, 0) is 4.79 Å². The number of fused-ring (bicyclic) bond motifs is 4. The summed E-state index contributed by atoms with van der Waals surface area (Å²) in [7, 11) is 0. The summed E-state index contributed by atoms with van der Waals surface area (Å²) in [6, 6.07) is 1.81. The fraction of sp³-hybridized carbons (Fsp3) is 0.476. The van der Waals surface area contributed by atoms with Gasteiger partial charge in [0.15, 0.2) is 0 Å². The molecule has 0 spiro atoms. The average molecular weight is 320 g/mol. The number of allylic oxidation sites excluding steroid dienone is 4. The number of carbonyl (C=O) groups is 1. The van der Waals surface area contributed by atoms with Crippen molar-refractivity contribution in [1.29, 1.82) is 0 Å². The van der Waals surface area contributed by atoms with Crippen LogP contribution in [0.3, 0.4) is 0 Å². The summed E-state index contributed by atoms with van der Waals surface area (Å²) in [5.74, 6) is 0.372. The molecule has 124 valence electrons. The second-order valence-corrected chi connectivity index (χ2v) is 7.91. The van der Waals surface area contributed by atoms with Gasteiger partial charge < -0.3 is 14.8 Å². The van der Waals surface area contributed by atoms with Crippen molar-refractivity contribution in [2.45, 2.75) is 44.6 Å². The van der Waals surface area contributed by atoms with Crippen molar-refractivity contribution in [1.82, 2.24) is 0 Å². The van der Waals surface area contributed by atoms with Crippen LogP contribution in [0.15, 0.2) is 30.4 Å². The Morgan fingerprint density at radius 2 is 1.75 bits per heavy atom. The molecule has 0 saturated carbocycles. The molecule has 0 N–H and O–H groups in total. The van der Waals surface area contributed by atoms with Gasteiger partial charge >= 0.3 is 0 Å². The number of rotatable bonds is 1. The zero-order chi connectivity index (χ0) is 16.6. The lowest BCUT2D eigenvalue weighted by Crippen LogP contribution is -2.58. The number of aliphatic carboxylic acids is 1. The minimum atomic E-state index is -0.908. The Morgan fingerprint density at radius 3 is 2.50 bits per heavy atom. The van der Waals surface area contributed by atoms with Crippen molar-refractivity contribution < 1.29 is 9.90 Å². The third-order valence-corrected chi connectivity index (χ3v) is 6.66. The normalized spacial score (nSPS) is 34.9. The first-order chi connectivity index (χ1) is 11.6. The quantitative estimate of drug-likeness (QED) is 0.747. The first-order valence-electron chi connectivity index (χ1n) is 9.02. The van der Waals surface area contributed by atoms with Gasteiger partial charge in [0, 0.05) is 24.1 Å². The van der Waals surface area contributed by atoms with Gasteiger partial charge in [-0.25, -0.2) is 0 Å². The van der Waals surface area contributed by atoms with Crippen LogP contribution >= 0.6 is 0 Å². The maximum absolute atomic E-state index is 12.1. The van der Waals surface area contributed by atoms with Gasteiger partial charge in [0.25, 0.3) is 0 Å². The summed E-state index contributed by atoms with van der Waals surface area (Å²) < 4.78 is 0. The second kappa shape index (κ2) is 4.75. The highest BCUT2D eigenvalue weighted by Gasteiger charge is 2.48. The molecular weight excluding hydrogens is 298 g/mol. The fourth-order valence-corrected chi connectivity index (χ4v) is 5.81. The predicted octanol–water partition coefficient (Wildman–Crippen LogP) is 2.57. The van der Waals surface area contributed by atoms with Gasteiger partial charge in [-0.2, -0.15) is 0 Å². The van der Waals surface area contributed by atoms with Crippen molar-refractivity contribution >= 4 is 11.7 Å². The minimum absolute atomic E-state index is 0.114. The zero-order valence-corrected chi connectivity index (χ0v) is 14.2. The van der Waals surface area contributed by atoms with E-state index in [1.54, 1.807) is 0 Å². The lowest BCUT2D eigenvalue weighted by Gasteiger charge is -2.52. The SMILES string of the molecule is Cc1cc(C)c2c3c1[C@H]1C=CC[C@@H]1[C@@H](C(=O)[O-])N3C[C@@H]1CC=C[C@@H]21. The molecule has 24 heavy (non-hydrogen) atoms. The molecule has 0 saturated heterocycles. The van der Waals surface area contributed by atoms with Gasteiger partial charge in [0.05, 0.1) is 12.0 Å². The van der Waals surface area contributed by atoms with Crippen LogP contribution in [0.25, 0.3) is 0 Å². The maximum atomic E-state index is 12.1. The van der Waals surface area contributed by atoms with Gasteiger partial charge in [0.1, 0.15) is 0 Å². The molecule has 0 bridgehead atoms. The number of nitrogens with zero attached hydrogens (tertiary/aromatic N) is 1. The molecule has 0 amide bonds. The summed E-state index contributed by atoms with van der Waals surface area (Å²) in [5.41, 5.74) is 6.54. The summed E-state index contributed by atoms with van der Waals surface area (Å²) in [4.78, 5) is 14.3. The third kappa shape index (κ3) is 1.65. The van der Waals surface area contributed by atoms with Crippen LogP contribution < -0.4 is 10.0 Å². The van der Waals surface area contributed by atoms with E-state index in [4.69, 9.17) is 0 Å². The number of hydrogen-bond acceptors (Lipinski definition) is 3. The van der Waals surface area contributed by atoms with Crippen LogP contribution in [0.1, 0.15) is 46.9 Å². The smallest absolute Gasteiger partial charge is 0.0727 e. The van der Waals surface area contributed by atoms with Gasteiger partial charge in [-0.05, 0) is 60.8 Å². The average Bonchev–Trinajstić information content (AvgIpc) is 3.17. The highest BCUT2D eigenvalue weighted by Crippen LogP contribution is 2.56. The molecule has 0 unspecified atom stereocenters. The Kier molecular flexibility index (Phi) is 2.83. The van der Waals surface area contributed by atoms with Crippen molar-refractivity contribution in [3.63, 3.8) is 0 Å². The van der Waals surface area contributed by atoms with Gasteiger partial charge in [0.2, 0.25) is 0 Å². The first-order valence-corrected chi connectivity index (χ1v) is 9.02. The number of aryl methyl sites for hydroxylation is 2. The lowest BCUT2D eigenvalue weighted by molar-refractivity contribution is -0.309. The maximum Gasteiger partial charge on any atom is 0.0727 e. The molecule has 3 heteroatoms. The number of anilines is 1. The monoisotopic (exact) mass is 320 g/mol. The van der Waals surface area contributed by atoms with Crippen LogP contribution in [-0.4, -0.2) is 18.6 Å². The predicted molar refractivity (Wildman–Crippen MR) is 92.0 cm³/mol. The van der Waals surface area contributed by atoms with Crippen LogP contribution in [0, 0.1) is 25.7 Å². The Bertz CT molecular complexity index is 786. The zero-order valence-electron chi connectivity index (χ0n) is 14.2. The summed E-state index contributed by atoms with van der Waals surface area (Å²) >= 11 is 0. The lowest BCUT2D eigenvalue weighted by atomic mass is 9.70. The number of carbonyl (C=O) groups excluding carboxylic acids is 1. The Hall–Kier alpha value is -2.03. The Morgan fingerprint density at radius 1 is 1.08 bits per heavy atom. The van der Waals surface area contributed by atoms with Crippen LogP contribution in [0.5, 0.6) is 0 Å². The fourth-order valence-electron chi connectivity index (χ4n) is 5.81. The number of hydrogen-bond donors (Lipinski definition) is 0. The van der Waals surface area contributed by atoms with Gasteiger partial charge in [-0.15, -0.1) is 0 Å². The van der Waals surface area contributed by atoms with E-state index in [1.165, 1.54) is 27.9 Å². The molecule has 5 atom stereocenters. The van der Waals surface area contributed by atoms with Crippen molar-refractivity contribution in [3.8, 4) is 0 Å². The summed E-state index contributed by atoms with van der Waals surface area (Å²) in [6.45, 7) is 5.20. The molecule has 5 rings (SSSR count). The summed E-state index contributed by atoms with van der Waals surface area (Å²) in [5, 5.41) is 12.1.